The number of piperidine rings is 1. The molecule has 1 aromatic heterocycles. The largest absolute Gasteiger partial charge is 0.347 e. The third-order valence-electron chi connectivity index (χ3n) is 7.37. The molecule has 1 unspecified atom stereocenters. The second-order valence-corrected chi connectivity index (χ2v) is 8.78. The highest BCUT2D eigenvalue weighted by molar-refractivity contribution is 5.90. The average Bonchev–Trinajstić information content (AvgIpc) is 3.38. The van der Waals surface area contributed by atoms with Gasteiger partial charge in [0, 0.05) is 44.2 Å². The number of carbonyl (C=O) groups excluding carboxylic acids is 1. The van der Waals surface area contributed by atoms with Gasteiger partial charge in [-0.1, -0.05) is 37.3 Å². The van der Waals surface area contributed by atoms with Crippen LogP contribution in [-0.4, -0.2) is 46.1 Å². The Bertz CT molecular complexity index is 890. The zero-order valence-electron chi connectivity index (χ0n) is 17.2. The summed E-state index contributed by atoms with van der Waals surface area (Å²) in [7, 11) is 1.91. The molecule has 3 fully saturated rings. The van der Waals surface area contributed by atoms with Crippen LogP contribution in [0.3, 0.4) is 0 Å². The number of ether oxygens (including phenoxy) is 2. The third-order valence-corrected chi connectivity index (χ3v) is 7.37. The molecular formula is C23H29N3O3. The van der Waals surface area contributed by atoms with Crippen molar-refractivity contribution in [2.75, 3.05) is 19.8 Å². The van der Waals surface area contributed by atoms with Crippen LogP contribution in [-0.2, 0) is 33.3 Å². The van der Waals surface area contributed by atoms with Gasteiger partial charge in [-0.05, 0) is 24.3 Å². The maximum absolute atomic E-state index is 14.1. The lowest BCUT2D eigenvalue weighted by Crippen LogP contribution is -2.64. The molecule has 2 aromatic rings. The van der Waals surface area contributed by atoms with E-state index in [9.17, 15) is 4.79 Å². The summed E-state index contributed by atoms with van der Waals surface area (Å²) in [6, 6.07) is 10.4. The van der Waals surface area contributed by atoms with Crippen molar-refractivity contribution in [1.29, 1.82) is 0 Å². The molecular weight excluding hydrogens is 366 g/mol. The number of rotatable bonds is 3. The maximum Gasteiger partial charge on any atom is 0.233 e. The highest BCUT2D eigenvalue weighted by Gasteiger charge is 2.62. The molecule has 3 heterocycles. The van der Waals surface area contributed by atoms with Crippen molar-refractivity contribution < 1.29 is 14.3 Å². The fourth-order valence-electron chi connectivity index (χ4n) is 5.98. The fourth-order valence-corrected chi connectivity index (χ4v) is 5.98. The summed E-state index contributed by atoms with van der Waals surface area (Å²) >= 11 is 0. The number of benzene rings is 1. The van der Waals surface area contributed by atoms with Crippen LogP contribution in [0, 0.1) is 11.8 Å². The van der Waals surface area contributed by atoms with E-state index in [1.807, 2.05) is 42.5 Å². The average molecular weight is 396 g/mol. The second-order valence-electron chi connectivity index (χ2n) is 8.78. The van der Waals surface area contributed by atoms with E-state index in [0.717, 1.165) is 36.9 Å². The Kier molecular flexibility index (Phi) is 4.51. The lowest BCUT2D eigenvalue weighted by atomic mass is 9.54. The van der Waals surface area contributed by atoms with Crippen LogP contribution in [0.2, 0.25) is 0 Å². The first-order valence-corrected chi connectivity index (χ1v) is 10.7. The Morgan fingerprint density at radius 2 is 1.93 bits per heavy atom. The molecule has 1 aliphatic carbocycles. The second kappa shape index (κ2) is 6.96. The fraction of sp³-hybridized carbons (Fsp3) is 0.565. The van der Waals surface area contributed by atoms with Gasteiger partial charge in [-0.2, -0.15) is 5.10 Å². The van der Waals surface area contributed by atoms with Gasteiger partial charge >= 0.3 is 0 Å². The van der Waals surface area contributed by atoms with E-state index in [2.05, 4.69) is 24.2 Å². The summed E-state index contributed by atoms with van der Waals surface area (Å²) in [6.07, 6.45) is 6.32. The van der Waals surface area contributed by atoms with Gasteiger partial charge in [-0.25, -0.2) is 0 Å². The molecule has 1 saturated carbocycles. The molecule has 0 N–H and O–H groups in total. The minimum atomic E-state index is -0.519. The first-order valence-electron chi connectivity index (χ1n) is 10.7. The molecule has 1 spiro atoms. The molecule has 154 valence electrons. The van der Waals surface area contributed by atoms with Crippen LogP contribution in [0.4, 0.5) is 0 Å². The van der Waals surface area contributed by atoms with Crippen molar-refractivity contribution in [3.8, 4) is 0 Å². The lowest BCUT2D eigenvalue weighted by Gasteiger charge is -2.56. The molecule has 3 aliphatic rings. The van der Waals surface area contributed by atoms with Crippen molar-refractivity contribution in [3.63, 3.8) is 0 Å². The van der Waals surface area contributed by atoms with Crippen LogP contribution >= 0.6 is 0 Å². The van der Waals surface area contributed by atoms with Crippen molar-refractivity contribution in [2.45, 2.75) is 43.9 Å². The number of hydrogen-bond donors (Lipinski definition) is 0. The summed E-state index contributed by atoms with van der Waals surface area (Å²) in [5.74, 6) is 0.0933. The number of nitrogens with zero attached hydrogens (tertiary/aromatic N) is 3. The van der Waals surface area contributed by atoms with E-state index in [1.165, 1.54) is 0 Å². The van der Waals surface area contributed by atoms with Crippen LogP contribution in [0.25, 0.3) is 0 Å². The van der Waals surface area contributed by atoms with E-state index < -0.39 is 11.2 Å². The van der Waals surface area contributed by atoms with Crippen LogP contribution in [0.15, 0.2) is 42.7 Å². The number of carbonyl (C=O) groups is 1. The van der Waals surface area contributed by atoms with Crippen LogP contribution < -0.4 is 0 Å². The molecule has 2 aliphatic heterocycles. The third kappa shape index (κ3) is 2.84. The SMILES string of the molecule is C[C@H]1[C@@H]2CCN(Cc3cnn(C)c3)C(=O)C2(c2ccccc2)CCC12OCCO2. The molecule has 6 nitrogen and oxygen atoms in total. The van der Waals surface area contributed by atoms with Crippen LogP contribution in [0.1, 0.15) is 37.3 Å². The van der Waals surface area contributed by atoms with Gasteiger partial charge in [0.15, 0.2) is 5.79 Å². The minimum absolute atomic E-state index is 0.170. The summed E-state index contributed by atoms with van der Waals surface area (Å²) in [5.41, 5.74) is 1.69. The Morgan fingerprint density at radius 3 is 2.62 bits per heavy atom. The Hall–Kier alpha value is -2.18. The first-order chi connectivity index (χ1) is 14.1. The quantitative estimate of drug-likeness (QED) is 0.802. The summed E-state index contributed by atoms with van der Waals surface area (Å²) in [4.78, 5) is 16.1. The summed E-state index contributed by atoms with van der Waals surface area (Å²) < 4.78 is 14.0. The van der Waals surface area contributed by atoms with Crippen LogP contribution in [0.5, 0.6) is 0 Å². The molecule has 3 atom stereocenters. The van der Waals surface area contributed by atoms with Crippen molar-refractivity contribution >= 4 is 5.91 Å². The van der Waals surface area contributed by atoms with Gasteiger partial charge in [0.1, 0.15) is 0 Å². The maximum atomic E-state index is 14.1. The van der Waals surface area contributed by atoms with Crippen molar-refractivity contribution in [2.24, 2.45) is 18.9 Å². The van der Waals surface area contributed by atoms with Gasteiger partial charge in [-0.15, -0.1) is 0 Å². The standard InChI is InChI=1S/C23H29N3O3/c1-17-20-8-11-26(16-18-14-24-25(2)15-18)21(27)22(20,19-6-4-3-5-7-19)9-10-23(17)28-12-13-29-23/h3-7,14-15,17,20H,8-13,16H2,1-2H3/t17-,20-,22?/m0/s1. The van der Waals surface area contributed by atoms with Crippen molar-refractivity contribution in [1.82, 2.24) is 14.7 Å². The number of hydrogen-bond acceptors (Lipinski definition) is 4. The van der Waals surface area contributed by atoms with Gasteiger partial charge in [-0.3, -0.25) is 9.48 Å². The first kappa shape index (κ1) is 18.8. The predicted molar refractivity (Wildman–Crippen MR) is 108 cm³/mol. The molecule has 29 heavy (non-hydrogen) atoms. The lowest BCUT2D eigenvalue weighted by molar-refractivity contribution is -0.238. The molecule has 6 heteroatoms. The van der Waals surface area contributed by atoms with E-state index in [-0.39, 0.29) is 17.7 Å². The summed E-state index contributed by atoms with van der Waals surface area (Å²) in [6.45, 7) is 4.89. The normalized spacial score (nSPS) is 31.2. The number of likely N-dealkylation sites (tertiary alicyclic amines) is 1. The Morgan fingerprint density at radius 1 is 1.17 bits per heavy atom. The van der Waals surface area contributed by atoms with E-state index in [1.54, 1.807) is 4.68 Å². The van der Waals surface area contributed by atoms with Crippen molar-refractivity contribution in [3.05, 3.63) is 53.9 Å². The number of fused-ring (bicyclic) bond motifs is 1. The number of aromatic nitrogens is 2. The molecule has 0 radical (unpaired) electrons. The van der Waals surface area contributed by atoms with Gasteiger partial charge in [0.25, 0.3) is 0 Å². The van der Waals surface area contributed by atoms with E-state index in [0.29, 0.717) is 19.8 Å². The molecule has 5 rings (SSSR count). The van der Waals surface area contributed by atoms with E-state index >= 15 is 0 Å². The van der Waals surface area contributed by atoms with Gasteiger partial charge < -0.3 is 14.4 Å². The molecule has 2 saturated heterocycles. The number of amides is 1. The topological polar surface area (TPSA) is 56.6 Å². The number of aryl methyl sites for hydroxylation is 1. The smallest absolute Gasteiger partial charge is 0.233 e. The highest BCUT2D eigenvalue weighted by Crippen LogP contribution is 2.56. The zero-order valence-corrected chi connectivity index (χ0v) is 17.2. The minimum Gasteiger partial charge on any atom is -0.347 e. The Labute approximate surface area is 171 Å². The van der Waals surface area contributed by atoms with Gasteiger partial charge in [0.2, 0.25) is 5.91 Å². The zero-order chi connectivity index (χ0) is 20.1. The molecule has 1 aromatic carbocycles. The van der Waals surface area contributed by atoms with Gasteiger partial charge in [0.05, 0.1) is 24.8 Å². The highest BCUT2D eigenvalue weighted by atomic mass is 16.7. The Balaban J connectivity index is 1.53. The molecule has 1 amide bonds. The predicted octanol–water partition coefficient (Wildman–Crippen LogP) is 2.88. The van der Waals surface area contributed by atoms with E-state index in [4.69, 9.17) is 9.47 Å². The molecule has 0 bridgehead atoms. The monoisotopic (exact) mass is 395 g/mol. The summed E-state index contributed by atoms with van der Waals surface area (Å²) in [5, 5.41) is 4.27.